The van der Waals surface area contributed by atoms with E-state index in [1.165, 1.54) is 0 Å². The molecule has 0 spiro atoms. The summed E-state index contributed by atoms with van der Waals surface area (Å²) in [6, 6.07) is 7.43. The van der Waals surface area contributed by atoms with E-state index in [-0.39, 0.29) is 0 Å². The molecule has 0 unspecified atom stereocenters. The molecule has 1 fully saturated rings. The van der Waals surface area contributed by atoms with Crippen LogP contribution in [0.2, 0.25) is 0 Å². The molecule has 0 amide bonds. The van der Waals surface area contributed by atoms with E-state index in [1.54, 1.807) is 47.0 Å². The van der Waals surface area contributed by atoms with Crippen molar-refractivity contribution in [3.63, 3.8) is 0 Å². The van der Waals surface area contributed by atoms with Gasteiger partial charge < -0.3 is 34.5 Å². The van der Waals surface area contributed by atoms with Crippen LogP contribution >= 0.6 is 0 Å². The fourth-order valence-electron chi connectivity index (χ4n) is 4.36. The van der Waals surface area contributed by atoms with E-state index >= 15 is 0 Å². The summed E-state index contributed by atoms with van der Waals surface area (Å²) < 4.78 is 22.0. The van der Waals surface area contributed by atoms with Crippen molar-refractivity contribution in [2.75, 3.05) is 64.8 Å². The first-order valence-corrected chi connectivity index (χ1v) is 11.8. The van der Waals surface area contributed by atoms with E-state index in [0.29, 0.717) is 40.2 Å². The quantitative estimate of drug-likeness (QED) is 0.369. The van der Waals surface area contributed by atoms with E-state index in [9.17, 15) is 0 Å². The van der Waals surface area contributed by atoms with Gasteiger partial charge in [-0.15, -0.1) is 0 Å². The second kappa shape index (κ2) is 10.7. The van der Waals surface area contributed by atoms with E-state index in [1.807, 2.05) is 24.3 Å². The molecule has 1 aliphatic rings. The van der Waals surface area contributed by atoms with Crippen LogP contribution in [0.4, 0.5) is 17.3 Å². The number of nitrogens with zero attached hydrogens (tertiary/aromatic N) is 5. The number of rotatable bonds is 8. The number of methoxy groups -OCH3 is 4. The van der Waals surface area contributed by atoms with Crippen molar-refractivity contribution in [3.05, 3.63) is 42.9 Å². The van der Waals surface area contributed by atoms with Crippen molar-refractivity contribution in [3.8, 4) is 34.4 Å². The average Bonchev–Trinajstić information content (AvgIpc) is 2.96. The molecule has 5 rings (SSSR count). The summed E-state index contributed by atoms with van der Waals surface area (Å²) in [6.07, 6.45) is 5.16. The van der Waals surface area contributed by atoms with Crippen molar-refractivity contribution in [1.29, 1.82) is 0 Å². The molecule has 4 aromatic rings. The maximum absolute atomic E-state index is 5.61. The van der Waals surface area contributed by atoms with Crippen LogP contribution in [-0.4, -0.2) is 74.6 Å². The largest absolute Gasteiger partial charge is 0.494 e. The van der Waals surface area contributed by atoms with Crippen LogP contribution in [0.3, 0.4) is 0 Å². The standard InChI is InChI=1S/C26H29N7O4/c1-34-19-12-17(13-20(35-2)24(19)37-4)30-22-11-16(5-6-29-22)25-31-18-14-28-15-21(36-3)23(18)26(32-25)33-9-7-27-8-10-33/h5-6,11-15,27H,7-10H2,1-4H3,(H,29,30). The first-order valence-electron chi connectivity index (χ1n) is 11.8. The Morgan fingerprint density at radius 3 is 2.27 bits per heavy atom. The smallest absolute Gasteiger partial charge is 0.203 e. The lowest BCUT2D eigenvalue weighted by Gasteiger charge is -2.29. The summed E-state index contributed by atoms with van der Waals surface area (Å²) >= 11 is 0. The molecule has 1 aliphatic heterocycles. The minimum absolute atomic E-state index is 0.520. The third-order valence-electron chi connectivity index (χ3n) is 6.14. The molecule has 0 saturated carbocycles. The first kappa shape index (κ1) is 24.3. The van der Waals surface area contributed by atoms with Crippen LogP contribution in [0.15, 0.2) is 42.9 Å². The molecular formula is C26H29N7O4. The minimum Gasteiger partial charge on any atom is -0.494 e. The van der Waals surface area contributed by atoms with E-state index in [0.717, 1.165) is 48.6 Å². The summed E-state index contributed by atoms with van der Waals surface area (Å²) in [5.41, 5.74) is 2.26. The van der Waals surface area contributed by atoms with Crippen LogP contribution in [0.1, 0.15) is 0 Å². The summed E-state index contributed by atoms with van der Waals surface area (Å²) in [7, 11) is 6.37. The minimum atomic E-state index is 0.520. The van der Waals surface area contributed by atoms with Gasteiger partial charge in [0.2, 0.25) is 5.75 Å². The number of nitrogens with one attached hydrogen (secondary N) is 2. The number of hydrogen-bond donors (Lipinski definition) is 2. The van der Waals surface area contributed by atoms with Crippen LogP contribution < -0.4 is 34.5 Å². The van der Waals surface area contributed by atoms with Crippen molar-refractivity contribution in [2.24, 2.45) is 0 Å². The Balaban J connectivity index is 1.55. The highest BCUT2D eigenvalue weighted by Gasteiger charge is 2.21. The summed E-state index contributed by atoms with van der Waals surface area (Å²) in [6.45, 7) is 3.43. The zero-order valence-corrected chi connectivity index (χ0v) is 21.2. The van der Waals surface area contributed by atoms with Gasteiger partial charge in [0.25, 0.3) is 0 Å². The number of hydrogen-bond acceptors (Lipinski definition) is 11. The number of pyridine rings is 2. The lowest BCUT2D eigenvalue weighted by molar-refractivity contribution is 0.324. The molecule has 3 aromatic heterocycles. The highest BCUT2D eigenvalue weighted by atomic mass is 16.5. The Hall–Kier alpha value is -4.38. The third-order valence-corrected chi connectivity index (χ3v) is 6.14. The average molecular weight is 504 g/mol. The van der Waals surface area contributed by atoms with Gasteiger partial charge in [0.15, 0.2) is 17.3 Å². The van der Waals surface area contributed by atoms with Gasteiger partial charge in [-0.2, -0.15) is 0 Å². The zero-order valence-electron chi connectivity index (χ0n) is 21.2. The lowest BCUT2D eigenvalue weighted by Crippen LogP contribution is -2.44. The van der Waals surface area contributed by atoms with E-state index in [4.69, 9.17) is 28.9 Å². The number of anilines is 3. The molecular weight excluding hydrogens is 474 g/mol. The molecule has 0 atom stereocenters. The molecule has 1 saturated heterocycles. The first-order chi connectivity index (χ1) is 18.1. The molecule has 1 aromatic carbocycles. The van der Waals surface area contributed by atoms with Gasteiger partial charge in [0, 0.05) is 55.8 Å². The van der Waals surface area contributed by atoms with Gasteiger partial charge in [-0.1, -0.05) is 0 Å². The monoisotopic (exact) mass is 503 g/mol. The van der Waals surface area contributed by atoms with Crippen molar-refractivity contribution < 1.29 is 18.9 Å². The molecule has 2 N–H and O–H groups in total. The van der Waals surface area contributed by atoms with Gasteiger partial charge >= 0.3 is 0 Å². The second-order valence-corrected chi connectivity index (χ2v) is 8.31. The molecule has 0 bridgehead atoms. The Labute approximate surface area is 214 Å². The lowest BCUT2D eigenvalue weighted by atomic mass is 10.2. The number of ether oxygens (including phenoxy) is 4. The predicted molar refractivity (Wildman–Crippen MR) is 142 cm³/mol. The number of aromatic nitrogens is 4. The third kappa shape index (κ3) is 4.85. The maximum Gasteiger partial charge on any atom is 0.203 e. The summed E-state index contributed by atoms with van der Waals surface area (Å²) in [5.74, 6) is 4.27. The fraction of sp³-hybridized carbons (Fsp3) is 0.308. The Morgan fingerprint density at radius 1 is 0.865 bits per heavy atom. The molecule has 11 nitrogen and oxygen atoms in total. The Bertz CT molecular complexity index is 1380. The SMILES string of the molecule is COc1cc(Nc2cc(-c3nc(N4CCNCC4)c4c(OC)cncc4n3)ccn2)cc(OC)c1OC. The number of benzene rings is 1. The van der Waals surface area contributed by atoms with Crippen molar-refractivity contribution in [2.45, 2.75) is 0 Å². The molecule has 0 radical (unpaired) electrons. The van der Waals surface area contributed by atoms with Gasteiger partial charge in [-0.3, -0.25) is 4.98 Å². The van der Waals surface area contributed by atoms with Crippen LogP contribution in [0.25, 0.3) is 22.3 Å². The Morgan fingerprint density at radius 2 is 1.59 bits per heavy atom. The van der Waals surface area contributed by atoms with Gasteiger partial charge in [0.1, 0.15) is 17.4 Å². The molecule has 0 aliphatic carbocycles. The maximum atomic E-state index is 5.61. The van der Waals surface area contributed by atoms with E-state index < -0.39 is 0 Å². The van der Waals surface area contributed by atoms with Crippen LogP contribution in [-0.2, 0) is 0 Å². The van der Waals surface area contributed by atoms with Crippen LogP contribution in [0.5, 0.6) is 23.0 Å². The molecule has 37 heavy (non-hydrogen) atoms. The van der Waals surface area contributed by atoms with Crippen LogP contribution in [0, 0.1) is 0 Å². The van der Waals surface area contributed by atoms with Gasteiger partial charge in [-0.05, 0) is 12.1 Å². The normalized spacial score (nSPS) is 13.4. The highest BCUT2D eigenvalue weighted by Crippen LogP contribution is 2.41. The summed E-state index contributed by atoms with van der Waals surface area (Å²) in [4.78, 5) is 20.9. The summed E-state index contributed by atoms with van der Waals surface area (Å²) in [5, 5.41) is 7.56. The van der Waals surface area contributed by atoms with E-state index in [2.05, 4.69) is 25.5 Å². The molecule has 11 heteroatoms. The number of piperazine rings is 1. The van der Waals surface area contributed by atoms with Crippen molar-refractivity contribution in [1.82, 2.24) is 25.3 Å². The zero-order chi connectivity index (χ0) is 25.8. The highest BCUT2D eigenvalue weighted by molar-refractivity contribution is 5.95. The van der Waals surface area contributed by atoms with Gasteiger partial charge in [0.05, 0.1) is 51.7 Å². The molecule has 4 heterocycles. The predicted octanol–water partition coefficient (Wildman–Crippen LogP) is 3.27. The van der Waals surface area contributed by atoms with Crippen molar-refractivity contribution >= 4 is 28.2 Å². The van der Waals surface area contributed by atoms with Gasteiger partial charge in [-0.25, -0.2) is 15.0 Å². The number of fused-ring (bicyclic) bond motifs is 1. The second-order valence-electron chi connectivity index (χ2n) is 8.31. The topological polar surface area (TPSA) is 116 Å². The Kier molecular flexibility index (Phi) is 7.04. The molecule has 192 valence electrons. The fourth-order valence-corrected chi connectivity index (χ4v) is 4.36.